The average Bonchev–Trinajstić information content (AvgIpc) is 2.07. The van der Waals surface area contributed by atoms with Crippen molar-refractivity contribution in [3.63, 3.8) is 0 Å². The second-order valence-corrected chi connectivity index (χ2v) is 4.53. The van der Waals surface area contributed by atoms with Gasteiger partial charge in [0.25, 0.3) is 0 Å². The largest absolute Gasteiger partial charge is 0.506 e. The number of hydrogen-bond donors (Lipinski definition) is 2. The van der Waals surface area contributed by atoms with Crippen LogP contribution in [0.4, 0.5) is 8.78 Å². The van der Waals surface area contributed by atoms with E-state index in [4.69, 9.17) is 22.4 Å². The van der Waals surface area contributed by atoms with Gasteiger partial charge in [0, 0.05) is 17.2 Å². The fourth-order valence-corrected chi connectivity index (χ4v) is 1.41. The number of rotatable bonds is 2. The molecular formula is C10H12ClF2NO. The number of phenolic OH excluding ortho intramolecular Hbond substituents is 1. The molecule has 0 radical (unpaired) electrons. The first-order chi connectivity index (χ1) is 6.72. The molecule has 0 fully saturated rings. The van der Waals surface area contributed by atoms with Crippen molar-refractivity contribution in [2.45, 2.75) is 25.8 Å². The topological polar surface area (TPSA) is 46.2 Å². The Kier molecular flexibility index (Phi) is 3.21. The van der Waals surface area contributed by atoms with Gasteiger partial charge in [0.05, 0.1) is 0 Å². The summed E-state index contributed by atoms with van der Waals surface area (Å²) in [4.78, 5) is 0. The number of nitrogens with two attached hydrogens (primary N) is 1. The van der Waals surface area contributed by atoms with E-state index in [-0.39, 0.29) is 12.0 Å². The molecule has 0 aliphatic rings. The van der Waals surface area contributed by atoms with Gasteiger partial charge in [-0.25, -0.2) is 8.78 Å². The molecule has 1 rings (SSSR count). The van der Waals surface area contributed by atoms with Gasteiger partial charge in [0.15, 0.2) is 5.82 Å². The third-order valence-electron chi connectivity index (χ3n) is 1.87. The highest BCUT2D eigenvalue weighted by Crippen LogP contribution is 2.31. The minimum absolute atomic E-state index is 0.00463. The first-order valence-corrected chi connectivity index (χ1v) is 4.74. The van der Waals surface area contributed by atoms with Gasteiger partial charge < -0.3 is 10.8 Å². The van der Waals surface area contributed by atoms with E-state index in [1.54, 1.807) is 13.8 Å². The van der Waals surface area contributed by atoms with E-state index < -0.39 is 27.9 Å². The second kappa shape index (κ2) is 3.94. The van der Waals surface area contributed by atoms with Gasteiger partial charge in [-0.1, -0.05) is 11.6 Å². The molecule has 0 bridgehead atoms. The lowest BCUT2D eigenvalue weighted by Gasteiger charge is -2.19. The molecule has 0 amide bonds. The van der Waals surface area contributed by atoms with E-state index in [2.05, 4.69) is 0 Å². The molecule has 0 atom stereocenters. The van der Waals surface area contributed by atoms with E-state index in [0.29, 0.717) is 0 Å². The summed E-state index contributed by atoms with van der Waals surface area (Å²) >= 11 is 5.45. The average molecular weight is 236 g/mol. The third-order valence-corrected chi connectivity index (χ3v) is 2.23. The molecule has 1 aromatic carbocycles. The number of halogens is 3. The highest BCUT2D eigenvalue weighted by atomic mass is 35.5. The summed E-state index contributed by atoms with van der Waals surface area (Å²) in [6, 6.07) is 0.784. The van der Waals surface area contributed by atoms with E-state index in [1.165, 1.54) is 0 Å². The van der Waals surface area contributed by atoms with Crippen LogP contribution in [-0.2, 0) is 6.42 Å². The highest BCUT2D eigenvalue weighted by molar-refractivity contribution is 6.32. The zero-order valence-corrected chi connectivity index (χ0v) is 9.20. The molecule has 5 heteroatoms. The fraction of sp³-hybridized carbons (Fsp3) is 0.400. The van der Waals surface area contributed by atoms with Crippen molar-refractivity contribution in [3.8, 4) is 5.75 Å². The number of hydrogen-bond acceptors (Lipinski definition) is 2. The normalized spacial score (nSPS) is 11.9. The minimum atomic E-state index is -0.951. The molecule has 0 aliphatic carbocycles. The Balaban J connectivity index is 3.24. The van der Waals surface area contributed by atoms with Crippen molar-refractivity contribution in [1.29, 1.82) is 0 Å². The van der Waals surface area contributed by atoms with E-state index >= 15 is 0 Å². The van der Waals surface area contributed by atoms with Crippen LogP contribution in [0.1, 0.15) is 19.4 Å². The third kappa shape index (κ3) is 2.79. The summed E-state index contributed by atoms with van der Waals surface area (Å²) in [5, 5.41) is 8.58. The van der Waals surface area contributed by atoms with Crippen LogP contribution in [0, 0.1) is 11.6 Å². The maximum atomic E-state index is 13.5. The van der Waals surface area contributed by atoms with Gasteiger partial charge >= 0.3 is 0 Å². The van der Waals surface area contributed by atoms with Crippen LogP contribution in [0.5, 0.6) is 5.75 Å². The van der Waals surface area contributed by atoms with Crippen LogP contribution >= 0.6 is 11.6 Å². The van der Waals surface area contributed by atoms with Gasteiger partial charge in [-0.2, -0.15) is 0 Å². The zero-order valence-electron chi connectivity index (χ0n) is 8.44. The standard InChI is InChI=1S/C10H12ClF2NO/c1-10(2,14)4-5-6(12)3-7(15)8(11)9(5)13/h3,15H,4,14H2,1-2H3. The fourth-order valence-electron chi connectivity index (χ4n) is 1.24. The molecule has 84 valence electrons. The summed E-state index contributed by atoms with van der Waals surface area (Å²) in [6.45, 7) is 3.29. The van der Waals surface area contributed by atoms with Crippen LogP contribution in [0.3, 0.4) is 0 Å². The Morgan fingerprint density at radius 1 is 1.47 bits per heavy atom. The van der Waals surface area contributed by atoms with Crippen molar-refractivity contribution >= 4 is 11.6 Å². The van der Waals surface area contributed by atoms with Crippen LogP contribution in [0.15, 0.2) is 6.07 Å². The van der Waals surface area contributed by atoms with Crippen LogP contribution in [0.2, 0.25) is 5.02 Å². The first kappa shape index (κ1) is 12.2. The van der Waals surface area contributed by atoms with Crippen LogP contribution in [0.25, 0.3) is 0 Å². The lowest BCUT2D eigenvalue weighted by atomic mass is 9.95. The molecule has 0 aromatic heterocycles. The van der Waals surface area contributed by atoms with E-state index in [1.807, 2.05) is 0 Å². The lowest BCUT2D eigenvalue weighted by molar-refractivity contribution is 0.443. The van der Waals surface area contributed by atoms with Crippen molar-refractivity contribution in [2.24, 2.45) is 5.73 Å². The van der Waals surface area contributed by atoms with Gasteiger partial charge in [0.1, 0.15) is 16.6 Å². The lowest BCUT2D eigenvalue weighted by Crippen LogP contribution is -2.35. The molecular weight excluding hydrogens is 224 g/mol. The molecule has 0 saturated carbocycles. The van der Waals surface area contributed by atoms with Gasteiger partial charge in [-0.3, -0.25) is 0 Å². The molecule has 2 nitrogen and oxygen atoms in total. The molecule has 0 aliphatic heterocycles. The summed E-state index contributed by atoms with van der Waals surface area (Å²) in [6.07, 6.45) is 0.00463. The molecule has 0 unspecified atom stereocenters. The predicted octanol–water partition coefficient (Wildman–Crippen LogP) is 2.60. The highest BCUT2D eigenvalue weighted by Gasteiger charge is 2.22. The second-order valence-electron chi connectivity index (χ2n) is 4.15. The Morgan fingerprint density at radius 3 is 2.47 bits per heavy atom. The number of benzene rings is 1. The summed E-state index contributed by atoms with van der Waals surface area (Å²) in [5.74, 6) is -2.40. The van der Waals surface area contributed by atoms with Gasteiger partial charge in [-0.05, 0) is 20.3 Å². The molecule has 0 saturated heterocycles. The number of aromatic hydroxyl groups is 1. The SMILES string of the molecule is CC(C)(N)Cc1c(F)cc(O)c(Cl)c1F. The van der Waals surface area contributed by atoms with Crippen molar-refractivity contribution < 1.29 is 13.9 Å². The molecule has 1 aromatic rings. The van der Waals surface area contributed by atoms with Crippen molar-refractivity contribution in [3.05, 3.63) is 28.3 Å². The quantitative estimate of drug-likeness (QED) is 0.774. The predicted molar refractivity (Wildman–Crippen MR) is 55.0 cm³/mol. The maximum absolute atomic E-state index is 13.5. The Bertz CT molecular complexity index is 388. The monoisotopic (exact) mass is 235 g/mol. The Morgan fingerprint density at radius 2 is 2.00 bits per heavy atom. The molecule has 0 heterocycles. The zero-order chi connectivity index (χ0) is 11.8. The molecule has 0 spiro atoms. The maximum Gasteiger partial charge on any atom is 0.151 e. The summed E-state index contributed by atoms with van der Waals surface area (Å²) < 4.78 is 26.8. The van der Waals surface area contributed by atoms with Gasteiger partial charge in [0.2, 0.25) is 0 Å². The molecule has 15 heavy (non-hydrogen) atoms. The summed E-state index contributed by atoms with van der Waals surface area (Å²) in [7, 11) is 0. The van der Waals surface area contributed by atoms with Crippen LogP contribution < -0.4 is 5.73 Å². The van der Waals surface area contributed by atoms with E-state index in [0.717, 1.165) is 6.07 Å². The Labute approximate surface area is 91.7 Å². The molecule has 3 N–H and O–H groups in total. The smallest absolute Gasteiger partial charge is 0.151 e. The minimum Gasteiger partial charge on any atom is -0.506 e. The Hall–Kier alpha value is -0.870. The van der Waals surface area contributed by atoms with Gasteiger partial charge in [-0.15, -0.1) is 0 Å². The van der Waals surface area contributed by atoms with Crippen molar-refractivity contribution in [2.75, 3.05) is 0 Å². The summed E-state index contributed by atoms with van der Waals surface area (Å²) in [5.41, 5.74) is 4.70. The number of phenols is 1. The first-order valence-electron chi connectivity index (χ1n) is 4.36. The van der Waals surface area contributed by atoms with Crippen LogP contribution in [-0.4, -0.2) is 10.6 Å². The van der Waals surface area contributed by atoms with Crippen molar-refractivity contribution in [1.82, 2.24) is 0 Å². The van der Waals surface area contributed by atoms with E-state index in [9.17, 15) is 8.78 Å².